The summed E-state index contributed by atoms with van der Waals surface area (Å²) in [6.07, 6.45) is 3.55. The molecule has 0 fully saturated rings. The van der Waals surface area contributed by atoms with Crippen molar-refractivity contribution in [1.29, 1.82) is 0 Å². The fraction of sp³-hybridized carbons (Fsp3) is 0. The van der Waals surface area contributed by atoms with E-state index in [1.165, 1.54) is 21.9 Å². The predicted molar refractivity (Wildman–Crippen MR) is 190 cm³/mol. The molecule has 0 saturated carbocycles. The van der Waals surface area contributed by atoms with Crippen LogP contribution in [0.3, 0.4) is 0 Å². The first-order valence-electron chi connectivity index (χ1n) is 15.4. The summed E-state index contributed by atoms with van der Waals surface area (Å²) < 4.78 is 0. The van der Waals surface area contributed by atoms with Crippen molar-refractivity contribution in [3.05, 3.63) is 176 Å². The lowest BCUT2D eigenvalue weighted by atomic mass is 9.90. The van der Waals surface area contributed by atoms with Gasteiger partial charge in [0, 0.05) is 29.1 Å². The molecule has 0 N–H and O–H groups in total. The minimum absolute atomic E-state index is 0.720. The molecule has 2 heterocycles. The summed E-state index contributed by atoms with van der Waals surface area (Å²) in [5, 5.41) is 2.45. The van der Waals surface area contributed by atoms with E-state index < -0.39 is 0 Å². The maximum atomic E-state index is 5.13. The number of pyridine rings is 1. The van der Waals surface area contributed by atoms with Crippen molar-refractivity contribution in [2.24, 2.45) is 0 Å². The van der Waals surface area contributed by atoms with Crippen molar-refractivity contribution < 1.29 is 0 Å². The van der Waals surface area contributed by atoms with E-state index in [4.69, 9.17) is 4.98 Å². The third kappa shape index (κ3) is 5.47. The molecule has 8 rings (SSSR count). The Labute approximate surface area is 268 Å². The molecule has 3 nitrogen and oxygen atoms in total. The van der Waals surface area contributed by atoms with Gasteiger partial charge >= 0.3 is 0 Å². The molecule has 3 heteroatoms. The Hall–Kier alpha value is -6.19. The van der Waals surface area contributed by atoms with Crippen molar-refractivity contribution in [3.63, 3.8) is 0 Å². The topological polar surface area (TPSA) is 38.7 Å². The van der Waals surface area contributed by atoms with Crippen molar-refractivity contribution in [3.8, 4) is 67.3 Å². The van der Waals surface area contributed by atoms with E-state index in [2.05, 4.69) is 156 Å². The molecule has 0 unspecified atom stereocenters. The second-order valence-electron chi connectivity index (χ2n) is 11.3. The minimum Gasteiger partial charge on any atom is -0.248 e. The monoisotopic (exact) mass is 587 g/mol. The van der Waals surface area contributed by atoms with Gasteiger partial charge in [0.25, 0.3) is 0 Å². The standard InChI is InChI=1S/C43H29N3/c1-3-12-32(13-4-1)41-28-37(29-42(46-41)33-14-5-2-6-15-33)36-25-35(30-19-21-34(22-20-30)43-44-23-10-24-45-43)26-38(27-36)40-18-9-16-31-11-7-8-17-39(31)40/h1-29H. The number of fused-ring (bicyclic) bond motifs is 1. The quantitative estimate of drug-likeness (QED) is 0.194. The van der Waals surface area contributed by atoms with Crippen LogP contribution in [0.15, 0.2) is 176 Å². The molecule has 0 aliphatic carbocycles. The fourth-order valence-corrected chi connectivity index (χ4v) is 6.06. The number of aromatic nitrogens is 3. The third-order valence-electron chi connectivity index (χ3n) is 8.37. The highest BCUT2D eigenvalue weighted by Crippen LogP contribution is 2.38. The van der Waals surface area contributed by atoms with Gasteiger partial charge in [0.05, 0.1) is 11.4 Å². The van der Waals surface area contributed by atoms with Crippen LogP contribution in [-0.4, -0.2) is 15.0 Å². The molecule has 0 spiro atoms. The normalized spacial score (nSPS) is 11.0. The van der Waals surface area contributed by atoms with Gasteiger partial charge in [0.2, 0.25) is 0 Å². The van der Waals surface area contributed by atoms with Gasteiger partial charge in [0.1, 0.15) is 0 Å². The van der Waals surface area contributed by atoms with E-state index in [1.54, 1.807) is 12.4 Å². The Morgan fingerprint density at radius 3 is 1.52 bits per heavy atom. The van der Waals surface area contributed by atoms with Gasteiger partial charge in [-0.2, -0.15) is 0 Å². The summed E-state index contributed by atoms with van der Waals surface area (Å²) in [6, 6.07) is 57.7. The first-order chi connectivity index (χ1) is 22.8. The zero-order chi connectivity index (χ0) is 30.7. The Morgan fingerprint density at radius 1 is 0.326 bits per heavy atom. The first-order valence-corrected chi connectivity index (χ1v) is 15.4. The van der Waals surface area contributed by atoms with Gasteiger partial charge in [-0.1, -0.05) is 127 Å². The molecule has 2 aromatic heterocycles. The van der Waals surface area contributed by atoms with Crippen molar-refractivity contribution in [2.75, 3.05) is 0 Å². The number of rotatable bonds is 6. The highest BCUT2D eigenvalue weighted by molar-refractivity contribution is 5.98. The van der Waals surface area contributed by atoms with E-state index in [0.29, 0.717) is 0 Å². The summed E-state index contributed by atoms with van der Waals surface area (Å²) in [5.41, 5.74) is 11.9. The third-order valence-corrected chi connectivity index (χ3v) is 8.37. The zero-order valence-corrected chi connectivity index (χ0v) is 25.1. The highest BCUT2D eigenvalue weighted by Gasteiger charge is 2.14. The zero-order valence-electron chi connectivity index (χ0n) is 25.1. The molecule has 0 radical (unpaired) electrons. The van der Waals surface area contributed by atoms with Gasteiger partial charge in [-0.25, -0.2) is 15.0 Å². The molecule has 46 heavy (non-hydrogen) atoms. The SMILES string of the molecule is c1ccc(-c2cc(-c3cc(-c4ccc(-c5ncccn5)cc4)cc(-c4cccc5ccccc45)c3)cc(-c3ccccc3)n2)cc1. The molecule has 0 aliphatic heterocycles. The molecule has 0 aliphatic rings. The molecule has 6 aromatic carbocycles. The molecule has 8 aromatic rings. The van der Waals surface area contributed by atoms with Gasteiger partial charge in [-0.05, 0) is 80.6 Å². The van der Waals surface area contributed by atoms with E-state index in [-0.39, 0.29) is 0 Å². The van der Waals surface area contributed by atoms with Crippen LogP contribution in [0.25, 0.3) is 78.1 Å². The first kappa shape index (κ1) is 27.4. The van der Waals surface area contributed by atoms with Crippen LogP contribution < -0.4 is 0 Å². The highest BCUT2D eigenvalue weighted by atomic mass is 14.8. The van der Waals surface area contributed by atoms with E-state index in [1.807, 2.05) is 18.2 Å². The number of hydrogen-bond donors (Lipinski definition) is 0. The average molecular weight is 588 g/mol. The van der Waals surface area contributed by atoms with E-state index in [9.17, 15) is 0 Å². The molecular weight excluding hydrogens is 558 g/mol. The molecule has 0 amide bonds. The lowest BCUT2D eigenvalue weighted by molar-refractivity contribution is 1.18. The summed E-state index contributed by atoms with van der Waals surface area (Å²) in [4.78, 5) is 14.0. The molecule has 0 saturated heterocycles. The molecular formula is C43H29N3. The van der Waals surface area contributed by atoms with Crippen LogP contribution in [0, 0.1) is 0 Å². The van der Waals surface area contributed by atoms with Crippen molar-refractivity contribution in [1.82, 2.24) is 15.0 Å². The largest absolute Gasteiger partial charge is 0.248 e. The number of benzene rings is 6. The van der Waals surface area contributed by atoms with Gasteiger partial charge in [0.15, 0.2) is 5.82 Å². The molecule has 0 bridgehead atoms. The van der Waals surface area contributed by atoms with Gasteiger partial charge in [-0.3, -0.25) is 0 Å². The Morgan fingerprint density at radius 2 is 0.848 bits per heavy atom. The lowest BCUT2D eigenvalue weighted by Gasteiger charge is -2.15. The van der Waals surface area contributed by atoms with Crippen LogP contribution in [0.4, 0.5) is 0 Å². The van der Waals surface area contributed by atoms with Crippen LogP contribution in [0.5, 0.6) is 0 Å². The fourth-order valence-electron chi connectivity index (χ4n) is 6.06. The summed E-state index contributed by atoms with van der Waals surface area (Å²) in [7, 11) is 0. The smallest absolute Gasteiger partial charge is 0.159 e. The van der Waals surface area contributed by atoms with Crippen LogP contribution in [-0.2, 0) is 0 Å². The Kier molecular flexibility index (Phi) is 7.18. The predicted octanol–water partition coefficient (Wildman–Crippen LogP) is 11.0. The second kappa shape index (κ2) is 12.1. The maximum Gasteiger partial charge on any atom is 0.159 e. The van der Waals surface area contributed by atoms with Crippen molar-refractivity contribution in [2.45, 2.75) is 0 Å². The summed E-state index contributed by atoms with van der Waals surface area (Å²) in [5.74, 6) is 0.720. The Balaban J connectivity index is 1.34. The van der Waals surface area contributed by atoms with Crippen LogP contribution in [0.2, 0.25) is 0 Å². The lowest BCUT2D eigenvalue weighted by Crippen LogP contribution is -1.92. The number of hydrogen-bond acceptors (Lipinski definition) is 3. The van der Waals surface area contributed by atoms with Gasteiger partial charge < -0.3 is 0 Å². The van der Waals surface area contributed by atoms with Gasteiger partial charge in [-0.15, -0.1) is 0 Å². The molecule has 0 atom stereocenters. The average Bonchev–Trinajstić information content (AvgIpc) is 3.15. The minimum atomic E-state index is 0.720. The van der Waals surface area contributed by atoms with Crippen LogP contribution >= 0.6 is 0 Å². The second-order valence-corrected chi connectivity index (χ2v) is 11.3. The molecule has 216 valence electrons. The Bertz CT molecular complexity index is 2220. The summed E-state index contributed by atoms with van der Waals surface area (Å²) in [6.45, 7) is 0. The summed E-state index contributed by atoms with van der Waals surface area (Å²) >= 11 is 0. The number of nitrogens with zero attached hydrogens (tertiary/aromatic N) is 3. The maximum absolute atomic E-state index is 5.13. The van der Waals surface area contributed by atoms with E-state index in [0.717, 1.165) is 56.2 Å². The van der Waals surface area contributed by atoms with E-state index >= 15 is 0 Å². The van der Waals surface area contributed by atoms with Crippen LogP contribution in [0.1, 0.15) is 0 Å². The van der Waals surface area contributed by atoms with Crippen molar-refractivity contribution >= 4 is 10.8 Å².